The van der Waals surface area contributed by atoms with Crippen LogP contribution in [0.3, 0.4) is 0 Å². The van der Waals surface area contributed by atoms with Gasteiger partial charge in [0.15, 0.2) is 0 Å². The van der Waals surface area contributed by atoms with Gasteiger partial charge in [-0.15, -0.1) is 0 Å². The number of hydrogen-bond donors (Lipinski definition) is 0. The Morgan fingerprint density at radius 1 is 0.848 bits per heavy atom. The van der Waals surface area contributed by atoms with Gasteiger partial charge in [-0.3, -0.25) is 4.79 Å². The van der Waals surface area contributed by atoms with E-state index in [-0.39, 0.29) is 11.9 Å². The molecule has 0 saturated heterocycles. The highest BCUT2D eigenvalue weighted by molar-refractivity contribution is 5.75. The van der Waals surface area contributed by atoms with E-state index in [4.69, 9.17) is 4.74 Å². The molecule has 0 bridgehead atoms. The van der Waals surface area contributed by atoms with Crippen molar-refractivity contribution >= 4 is 5.97 Å². The maximum atomic E-state index is 12.8. The first-order valence-corrected chi connectivity index (χ1v) is 14.4. The Hall–Kier alpha value is -1.31. The zero-order valence-corrected chi connectivity index (χ0v) is 21.8. The van der Waals surface area contributed by atoms with E-state index in [2.05, 4.69) is 32.9 Å². The third kappa shape index (κ3) is 8.76. The molecule has 0 aromatic heterocycles. The molecule has 3 rings (SSSR count). The molecule has 2 saturated carbocycles. The van der Waals surface area contributed by atoms with Crippen LogP contribution in [-0.2, 0) is 11.2 Å². The Morgan fingerprint density at radius 2 is 1.45 bits per heavy atom. The number of carbonyl (C=O) groups excluding carboxylic acids is 1. The summed E-state index contributed by atoms with van der Waals surface area (Å²) in [5.41, 5.74) is 1.35. The molecule has 2 nitrogen and oxygen atoms in total. The molecular formula is C31H50O2. The Bertz CT molecular complexity index is 663. The maximum absolute atomic E-state index is 12.8. The first kappa shape index (κ1) is 26.3. The summed E-state index contributed by atoms with van der Waals surface area (Å²) in [7, 11) is 0. The predicted octanol–water partition coefficient (Wildman–Crippen LogP) is 9.15. The van der Waals surface area contributed by atoms with Crippen LogP contribution in [-0.4, -0.2) is 5.97 Å². The SMILES string of the molecule is CCCCCCCc1ccc(OC(=O)C2CCC(C3CCC(CC(C)CC)CC3)CC2)cc1. The Morgan fingerprint density at radius 3 is 2.06 bits per heavy atom. The highest BCUT2D eigenvalue weighted by atomic mass is 16.5. The van der Waals surface area contributed by atoms with Crippen LogP contribution in [0, 0.1) is 29.6 Å². The summed E-state index contributed by atoms with van der Waals surface area (Å²) in [5.74, 6) is 4.42. The van der Waals surface area contributed by atoms with Gasteiger partial charge in [0.25, 0.3) is 0 Å². The summed E-state index contributed by atoms with van der Waals surface area (Å²) >= 11 is 0. The summed E-state index contributed by atoms with van der Waals surface area (Å²) in [4.78, 5) is 12.8. The van der Waals surface area contributed by atoms with Crippen molar-refractivity contribution in [1.29, 1.82) is 0 Å². The summed E-state index contributed by atoms with van der Waals surface area (Å²) in [5, 5.41) is 0. The van der Waals surface area contributed by atoms with Gasteiger partial charge >= 0.3 is 5.97 Å². The monoisotopic (exact) mass is 454 g/mol. The minimum absolute atomic E-state index is 0.00183. The molecule has 1 unspecified atom stereocenters. The molecule has 0 N–H and O–H groups in total. The molecule has 0 spiro atoms. The van der Waals surface area contributed by atoms with Gasteiger partial charge in [0.1, 0.15) is 5.75 Å². The average molecular weight is 455 g/mol. The molecule has 186 valence electrons. The number of esters is 1. The predicted molar refractivity (Wildman–Crippen MR) is 140 cm³/mol. The molecule has 0 radical (unpaired) electrons. The molecule has 1 atom stereocenters. The second-order valence-electron chi connectivity index (χ2n) is 11.4. The Labute approximate surface area is 204 Å². The zero-order chi connectivity index (χ0) is 23.5. The van der Waals surface area contributed by atoms with E-state index >= 15 is 0 Å². The van der Waals surface area contributed by atoms with Gasteiger partial charge in [-0.2, -0.15) is 0 Å². The van der Waals surface area contributed by atoms with Crippen molar-refractivity contribution in [1.82, 2.24) is 0 Å². The van der Waals surface area contributed by atoms with Crippen molar-refractivity contribution in [2.45, 2.75) is 124 Å². The van der Waals surface area contributed by atoms with Crippen LogP contribution in [0.1, 0.15) is 123 Å². The molecule has 0 aliphatic heterocycles. The summed E-state index contributed by atoms with van der Waals surface area (Å²) < 4.78 is 5.77. The first-order chi connectivity index (χ1) is 16.1. The van der Waals surface area contributed by atoms with E-state index in [1.807, 2.05) is 12.1 Å². The van der Waals surface area contributed by atoms with Crippen molar-refractivity contribution < 1.29 is 9.53 Å². The van der Waals surface area contributed by atoms with Crippen molar-refractivity contribution in [3.8, 4) is 5.75 Å². The number of benzene rings is 1. The number of ether oxygens (including phenoxy) is 1. The molecule has 2 heteroatoms. The summed E-state index contributed by atoms with van der Waals surface area (Å²) in [6.07, 6.45) is 20.6. The largest absolute Gasteiger partial charge is 0.426 e. The number of aryl methyl sites for hydroxylation is 1. The van der Waals surface area contributed by atoms with Crippen LogP contribution in [0.5, 0.6) is 5.75 Å². The number of carbonyl (C=O) groups is 1. The van der Waals surface area contributed by atoms with Crippen LogP contribution < -0.4 is 4.74 Å². The lowest BCUT2D eigenvalue weighted by Crippen LogP contribution is -2.30. The lowest BCUT2D eigenvalue weighted by molar-refractivity contribution is -0.140. The molecule has 33 heavy (non-hydrogen) atoms. The van der Waals surface area contributed by atoms with E-state index in [1.165, 1.54) is 89.0 Å². The molecule has 2 aliphatic rings. The molecule has 0 amide bonds. The molecule has 1 aromatic carbocycles. The van der Waals surface area contributed by atoms with E-state index in [9.17, 15) is 4.79 Å². The highest BCUT2D eigenvalue weighted by Gasteiger charge is 2.33. The zero-order valence-electron chi connectivity index (χ0n) is 21.8. The van der Waals surface area contributed by atoms with Gasteiger partial charge in [0.05, 0.1) is 5.92 Å². The molecular weight excluding hydrogens is 404 g/mol. The Kier molecular flexibility index (Phi) is 11.3. The van der Waals surface area contributed by atoms with Crippen LogP contribution in [0.2, 0.25) is 0 Å². The van der Waals surface area contributed by atoms with Crippen molar-refractivity contribution in [2.24, 2.45) is 29.6 Å². The average Bonchev–Trinajstić information content (AvgIpc) is 2.85. The summed E-state index contributed by atoms with van der Waals surface area (Å²) in [6.45, 7) is 6.99. The number of unbranched alkanes of at least 4 members (excludes halogenated alkanes) is 4. The van der Waals surface area contributed by atoms with Gasteiger partial charge in [0, 0.05) is 0 Å². The second-order valence-corrected chi connectivity index (χ2v) is 11.4. The second kappa shape index (κ2) is 14.2. The van der Waals surface area contributed by atoms with Gasteiger partial charge in [-0.25, -0.2) is 0 Å². The van der Waals surface area contributed by atoms with Crippen LogP contribution in [0.25, 0.3) is 0 Å². The van der Waals surface area contributed by atoms with Crippen LogP contribution in [0.15, 0.2) is 24.3 Å². The standard InChI is InChI=1S/C31H50O2/c1-4-6-7-8-9-10-25-13-21-30(22-14-25)33-31(32)29-19-17-28(18-20-29)27-15-11-26(12-16-27)23-24(3)5-2/h13-14,21-22,24,26-29H,4-12,15-20,23H2,1-3H3. The maximum Gasteiger partial charge on any atom is 0.314 e. The smallest absolute Gasteiger partial charge is 0.314 e. The van der Waals surface area contributed by atoms with Crippen molar-refractivity contribution in [3.05, 3.63) is 29.8 Å². The van der Waals surface area contributed by atoms with Crippen molar-refractivity contribution in [3.63, 3.8) is 0 Å². The summed E-state index contributed by atoms with van der Waals surface area (Å²) in [6, 6.07) is 8.25. The molecule has 2 aliphatic carbocycles. The van der Waals surface area contributed by atoms with E-state index in [0.717, 1.165) is 48.7 Å². The first-order valence-electron chi connectivity index (χ1n) is 14.4. The van der Waals surface area contributed by atoms with E-state index in [0.29, 0.717) is 0 Å². The van der Waals surface area contributed by atoms with Crippen LogP contribution in [0.4, 0.5) is 0 Å². The quantitative estimate of drug-likeness (QED) is 0.179. The fourth-order valence-electron chi connectivity index (χ4n) is 6.31. The van der Waals surface area contributed by atoms with E-state index < -0.39 is 0 Å². The van der Waals surface area contributed by atoms with Crippen molar-refractivity contribution in [2.75, 3.05) is 0 Å². The van der Waals surface area contributed by atoms with Crippen LogP contribution >= 0.6 is 0 Å². The van der Waals surface area contributed by atoms with Gasteiger partial charge in [0.2, 0.25) is 0 Å². The number of rotatable bonds is 12. The van der Waals surface area contributed by atoms with E-state index in [1.54, 1.807) is 0 Å². The topological polar surface area (TPSA) is 26.3 Å². The number of hydrogen-bond acceptors (Lipinski definition) is 2. The molecule has 2 fully saturated rings. The van der Waals surface area contributed by atoms with Gasteiger partial charge in [-0.1, -0.05) is 77.8 Å². The van der Waals surface area contributed by atoms with Gasteiger partial charge in [-0.05, 0) is 99.2 Å². The molecule has 0 heterocycles. The molecule has 1 aromatic rings. The fourth-order valence-corrected chi connectivity index (χ4v) is 6.31. The lowest BCUT2D eigenvalue weighted by atomic mass is 9.68. The third-order valence-electron chi connectivity index (χ3n) is 8.81. The minimum Gasteiger partial charge on any atom is -0.426 e. The fraction of sp³-hybridized carbons (Fsp3) is 0.774. The Balaban J connectivity index is 1.34. The highest BCUT2D eigenvalue weighted by Crippen LogP contribution is 2.43. The normalized spacial score (nSPS) is 26.6. The lowest BCUT2D eigenvalue weighted by Gasteiger charge is -2.37. The third-order valence-corrected chi connectivity index (χ3v) is 8.81. The van der Waals surface area contributed by atoms with Gasteiger partial charge < -0.3 is 4.74 Å². The minimum atomic E-state index is -0.00183.